The second-order valence-corrected chi connectivity index (χ2v) is 6.19. The Bertz CT molecular complexity index is 837. The van der Waals surface area contributed by atoms with E-state index in [0.29, 0.717) is 5.69 Å². The topological polar surface area (TPSA) is 67.4 Å². The molecule has 150 valence electrons. The van der Waals surface area contributed by atoms with E-state index in [1.807, 2.05) is 13.8 Å². The molecule has 2 aromatic rings. The van der Waals surface area contributed by atoms with Crippen molar-refractivity contribution < 1.29 is 27.5 Å². The molecule has 2 amide bonds. The molecule has 5 nitrogen and oxygen atoms in total. The lowest BCUT2D eigenvalue weighted by atomic mass is 10.1. The van der Waals surface area contributed by atoms with Crippen LogP contribution in [0, 0.1) is 0 Å². The quantitative estimate of drug-likeness (QED) is 0.738. The van der Waals surface area contributed by atoms with Crippen molar-refractivity contribution >= 4 is 17.5 Å². The highest BCUT2D eigenvalue weighted by Gasteiger charge is 2.30. The summed E-state index contributed by atoms with van der Waals surface area (Å²) in [5.41, 5.74) is -0.284. The molecule has 0 saturated carbocycles. The van der Waals surface area contributed by atoms with E-state index in [9.17, 15) is 22.8 Å². The second-order valence-electron chi connectivity index (χ2n) is 6.19. The third kappa shape index (κ3) is 6.00. The Morgan fingerprint density at radius 2 is 1.82 bits per heavy atom. The average Bonchev–Trinajstić information content (AvgIpc) is 2.66. The zero-order valence-electron chi connectivity index (χ0n) is 15.5. The molecular formula is C20H21F3N2O3. The molecule has 28 heavy (non-hydrogen) atoms. The van der Waals surface area contributed by atoms with Gasteiger partial charge in [0.2, 0.25) is 0 Å². The lowest BCUT2D eigenvalue weighted by Gasteiger charge is -2.15. The molecular weight excluding hydrogens is 373 g/mol. The van der Waals surface area contributed by atoms with Gasteiger partial charge in [0.05, 0.1) is 16.8 Å². The number of carbonyl (C=O) groups excluding carboxylic acids is 2. The largest absolute Gasteiger partial charge is 0.484 e. The number of ether oxygens (including phenoxy) is 1. The minimum absolute atomic E-state index is 0.0273. The van der Waals surface area contributed by atoms with Gasteiger partial charge >= 0.3 is 6.18 Å². The van der Waals surface area contributed by atoms with E-state index in [4.69, 9.17) is 4.74 Å². The lowest BCUT2D eigenvalue weighted by molar-refractivity contribution is -0.137. The second kappa shape index (κ2) is 9.25. The number of nitrogens with one attached hydrogen (secondary N) is 2. The molecule has 0 aliphatic carbocycles. The van der Waals surface area contributed by atoms with Gasteiger partial charge in [-0.05, 0) is 43.7 Å². The van der Waals surface area contributed by atoms with Crippen molar-refractivity contribution in [1.29, 1.82) is 0 Å². The van der Waals surface area contributed by atoms with E-state index in [2.05, 4.69) is 10.6 Å². The van der Waals surface area contributed by atoms with Crippen molar-refractivity contribution in [2.45, 2.75) is 32.5 Å². The van der Waals surface area contributed by atoms with Crippen LogP contribution in [0.3, 0.4) is 0 Å². The van der Waals surface area contributed by atoms with Crippen LogP contribution in [0.2, 0.25) is 0 Å². The van der Waals surface area contributed by atoms with Gasteiger partial charge in [-0.1, -0.05) is 25.1 Å². The van der Waals surface area contributed by atoms with Gasteiger partial charge < -0.3 is 15.4 Å². The standard InChI is InChI=1S/C20H21F3N2O3/c1-3-13(2)24-19(27)16-9-4-5-10-17(16)25-18(26)12-28-15-8-6-7-14(11-15)20(21,22)23/h4-11,13H,3,12H2,1-2H3,(H,24,27)(H,25,26). The van der Waals surface area contributed by atoms with E-state index in [1.54, 1.807) is 24.3 Å². The van der Waals surface area contributed by atoms with E-state index in [1.165, 1.54) is 12.1 Å². The third-order valence-corrected chi connectivity index (χ3v) is 3.97. The first kappa shape index (κ1) is 21.3. The fourth-order valence-corrected chi connectivity index (χ4v) is 2.29. The minimum atomic E-state index is -4.50. The molecule has 0 radical (unpaired) electrons. The van der Waals surface area contributed by atoms with Gasteiger partial charge in [-0.25, -0.2) is 0 Å². The highest BCUT2D eigenvalue weighted by atomic mass is 19.4. The summed E-state index contributed by atoms with van der Waals surface area (Å²) in [6.45, 7) is 3.30. The van der Waals surface area contributed by atoms with Crippen LogP contribution < -0.4 is 15.4 Å². The summed E-state index contributed by atoms with van der Waals surface area (Å²) in [6.07, 6.45) is -3.74. The summed E-state index contributed by atoms with van der Waals surface area (Å²) in [5, 5.41) is 5.36. The van der Waals surface area contributed by atoms with Gasteiger partial charge in [0.1, 0.15) is 5.75 Å². The fraction of sp³-hybridized carbons (Fsp3) is 0.300. The molecule has 0 aliphatic rings. The monoisotopic (exact) mass is 394 g/mol. The number of carbonyl (C=O) groups is 2. The predicted molar refractivity (Wildman–Crippen MR) is 99.2 cm³/mol. The molecule has 8 heteroatoms. The van der Waals surface area contributed by atoms with E-state index < -0.39 is 24.3 Å². The van der Waals surface area contributed by atoms with Crippen molar-refractivity contribution in [3.8, 4) is 5.75 Å². The average molecular weight is 394 g/mol. The van der Waals surface area contributed by atoms with Crippen molar-refractivity contribution in [1.82, 2.24) is 5.32 Å². The Morgan fingerprint density at radius 3 is 2.50 bits per heavy atom. The molecule has 0 heterocycles. The van der Waals surface area contributed by atoms with E-state index in [0.717, 1.165) is 18.6 Å². The molecule has 0 saturated heterocycles. The van der Waals surface area contributed by atoms with Gasteiger partial charge in [-0.3, -0.25) is 9.59 Å². The summed E-state index contributed by atoms with van der Waals surface area (Å²) < 4.78 is 43.3. The number of benzene rings is 2. The lowest BCUT2D eigenvalue weighted by Crippen LogP contribution is -2.33. The first-order chi connectivity index (χ1) is 13.2. The van der Waals surface area contributed by atoms with Gasteiger partial charge in [0.15, 0.2) is 6.61 Å². The van der Waals surface area contributed by atoms with Crippen LogP contribution in [0.25, 0.3) is 0 Å². The number of halogens is 3. The number of para-hydroxylation sites is 1. The summed E-state index contributed by atoms with van der Waals surface area (Å²) in [4.78, 5) is 24.5. The van der Waals surface area contributed by atoms with Crippen LogP contribution in [-0.2, 0) is 11.0 Å². The van der Waals surface area contributed by atoms with Gasteiger partial charge in [-0.15, -0.1) is 0 Å². The molecule has 0 bridgehead atoms. The van der Waals surface area contributed by atoms with E-state index in [-0.39, 0.29) is 23.3 Å². The fourth-order valence-electron chi connectivity index (χ4n) is 2.29. The molecule has 0 fully saturated rings. The van der Waals surface area contributed by atoms with Crippen LogP contribution in [0.1, 0.15) is 36.2 Å². The van der Waals surface area contributed by atoms with Crippen molar-refractivity contribution in [3.05, 3.63) is 59.7 Å². The Labute approximate surface area is 160 Å². The molecule has 2 N–H and O–H groups in total. The molecule has 0 aliphatic heterocycles. The highest BCUT2D eigenvalue weighted by molar-refractivity contribution is 6.04. The van der Waals surface area contributed by atoms with Gasteiger partial charge in [-0.2, -0.15) is 13.2 Å². The Morgan fingerprint density at radius 1 is 1.11 bits per heavy atom. The SMILES string of the molecule is CCC(C)NC(=O)c1ccccc1NC(=O)COc1cccc(C(F)(F)F)c1. The molecule has 0 aromatic heterocycles. The normalized spacial score (nSPS) is 12.2. The minimum Gasteiger partial charge on any atom is -0.484 e. The van der Waals surface area contributed by atoms with Crippen LogP contribution >= 0.6 is 0 Å². The number of hydrogen-bond acceptors (Lipinski definition) is 3. The zero-order chi connectivity index (χ0) is 20.7. The number of hydrogen-bond donors (Lipinski definition) is 2. The van der Waals surface area contributed by atoms with Crippen molar-refractivity contribution in [3.63, 3.8) is 0 Å². The maximum absolute atomic E-state index is 12.7. The van der Waals surface area contributed by atoms with Crippen LogP contribution in [0.4, 0.5) is 18.9 Å². The first-order valence-corrected chi connectivity index (χ1v) is 8.70. The Balaban J connectivity index is 2.01. The first-order valence-electron chi connectivity index (χ1n) is 8.70. The third-order valence-electron chi connectivity index (χ3n) is 3.97. The smallest absolute Gasteiger partial charge is 0.416 e. The Kier molecular flexibility index (Phi) is 7.03. The summed E-state index contributed by atoms with van der Waals surface area (Å²) in [7, 11) is 0. The van der Waals surface area contributed by atoms with Gasteiger partial charge in [0.25, 0.3) is 11.8 Å². The summed E-state index contributed by atoms with van der Waals surface area (Å²) in [5.74, 6) is -1.00. The molecule has 1 atom stereocenters. The maximum Gasteiger partial charge on any atom is 0.416 e. The number of anilines is 1. The van der Waals surface area contributed by atoms with Gasteiger partial charge in [0, 0.05) is 6.04 Å². The highest BCUT2D eigenvalue weighted by Crippen LogP contribution is 2.31. The van der Waals surface area contributed by atoms with Crippen LogP contribution in [0.5, 0.6) is 5.75 Å². The predicted octanol–water partition coefficient (Wildman–Crippen LogP) is 4.25. The number of rotatable bonds is 7. The van der Waals surface area contributed by atoms with Crippen LogP contribution in [0.15, 0.2) is 48.5 Å². The Hall–Kier alpha value is -3.03. The molecule has 2 rings (SSSR count). The molecule has 0 spiro atoms. The summed E-state index contributed by atoms with van der Waals surface area (Å²) in [6, 6.07) is 10.7. The van der Waals surface area contributed by atoms with Crippen molar-refractivity contribution in [2.24, 2.45) is 0 Å². The van der Waals surface area contributed by atoms with E-state index >= 15 is 0 Å². The zero-order valence-corrected chi connectivity index (χ0v) is 15.5. The summed E-state index contributed by atoms with van der Waals surface area (Å²) >= 11 is 0. The number of alkyl halides is 3. The number of amides is 2. The van der Waals surface area contributed by atoms with Crippen molar-refractivity contribution in [2.75, 3.05) is 11.9 Å². The maximum atomic E-state index is 12.7. The molecule has 2 aromatic carbocycles. The molecule has 1 unspecified atom stereocenters. The van der Waals surface area contributed by atoms with Crippen LogP contribution in [-0.4, -0.2) is 24.5 Å².